The molecule has 5 heteroatoms. The molecule has 0 heterocycles. The molecule has 0 aliphatic heterocycles. The van der Waals surface area contributed by atoms with Gasteiger partial charge in [0.2, 0.25) is 5.91 Å². The molecule has 0 radical (unpaired) electrons. The Morgan fingerprint density at radius 2 is 1.70 bits per heavy atom. The average molecular weight is 340 g/mol. The van der Waals surface area contributed by atoms with Crippen molar-refractivity contribution in [2.75, 3.05) is 0 Å². The fraction of sp³-hybridized carbons (Fsp3) is 0.133. The topological polar surface area (TPSA) is 29.1 Å². The van der Waals surface area contributed by atoms with Crippen molar-refractivity contribution in [3.63, 3.8) is 0 Å². The second kappa shape index (κ2) is 6.61. The Morgan fingerprint density at radius 3 is 2.35 bits per heavy atom. The van der Waals surface area contributed by atoms with Crippen molar-refractivity contribution in [2.24, 2.45) is 0 Å². The molecule has 0 unspecified atom stereocenters. The first kappa shape index (κ1) is 14.7. The first-order valence-electron chi connectivity index (χ1n) is 6.01. The van der Waals surface area contributed by atoms with E-state index in [-0.39, 0.29) is 12.0 Å². The van der Waals surface area contributed by atoms with Crippen LogP contribution in [0.3, 0.4) is 0 Å². The van der Waals surface area contributed by atoms with E-state index in [9.17, 15) is 13.6 Å². The predicted molar refractivity (Wildman–Crippen MR) is 76.1 cm³/mol. The summed E-state index contributed by atoms with van der Waals surface area (Å²) in [6.45, 7) is 0.302. The number of amides is 1. The van der Waals surface area contributed by atoms with Gasteiger partial charge in [-0.15, -0.1) is 0 Å². The lowest BCUT2D eigenvalue weighted by Gasteiger charge is -2.08. The minimum atomic E-state index is -0.707. The van der Waals surface area contributed by atoms with Gasteiger partial charge in [0.25, 0.3) is 0 Å². The van der Waals surface area contributed by atoms with Gasteiger partial charge in [0.15, 0.2) is 0 Å². The summed E-state index contributed by atoms with van der Waals surface area (Å²) in [6.07, 6.45) is -0.317. The Hall–Kier alpha value is -1.75. The molecule has 104 valence electrons. The summed E-state index contributed by atoms with van der Waals surface area (Å²) in [5, 5.41) is 2.64. The lowest BCUT2D eigenvalue weighted by molar-refractivity contribution is -0.120. The van der Waals surface area contributed by atoms with E-state index >= 15 is 0 Å². The van der Waals surface area contributed by atoms with Crippen molar-refractivity contribution in [1.29, 1.82) is 0 Å². The quantitative estimate of drug-likeness (QED) is 0.906. The van der Waals surface area contributed by atoms with Gasteiger partial charge in [0.05, 0.1) is 6.42 Å². The van der Waals surface area contributed by atoms with E-state index in [0.29, 0.717) is 6.54 Å². The van der Waals surface area contributed by atoms with Crippen LogP contribution in [0.2, 0.25) is 0 Å². The minimum Gasteiger partial charge on any atom is -0.352 e. The lowest BCUT2D eigenvalue weighted by atomic mass is 10.1. The van der Waals surface area contributed by atoms with Crippen molar-refractivity contribution in [1.82, 2.24) is 5.32 Å². The number of halogens is 3. The van der Waals surface area contributed by atoms with Crippen LogP contribution in [0.1, 0.15) is 11.1 Å². The molecule has 0 spiro atoms. The number of hydrogen-bond acceptors (Lipinski definition) is 1. The van der Waals surface area contributed by atoms with Gasteiger partial charge < -0.3 is 5.32 Å². The highest BCUT2D eigenvalue weighted by atomic mass is 79.9. The molecule has 0 saturated heterocycles. The molecule has 2 rings (SSSR count). The molecule has 2 aromatic carbocycles. The normalized spacial score (nSPS) is 10.3. The molecule has 0 fully saturated rings. The molecule has 0 aliphatic rings. The lowest BCUT2D eigenvalue weighted by Crippen LogP contribution is -2.25. The van der Waals surface area contributed by atoms with E-state index in [2.05, 4.69) is 21.2 Å². The van der Waals surface area contributed by atoms with Gasteiger partial charge in [-0.3, -0.25) is 4.79 Å². The van der Waals surface area contributed by atoms with E-state index in [4.69, 9.17) is 0 Å². The van der Waals surface area contributed by atoms with E-state index in [1.165, 1.54) is 6.07 Å². The van der Waals surface area contributed by atoms with E-state index in [1.54, 1.807) is 0 Å². The van der Waals surface area contributed by atoms with E-state index < -0.39 is 17.5 Å². The third kappa shape index (κ3) is 3.63. The highest BCUT2D eigenvalue weighted by Crippen LogP contribution is 2.16. The van der Waals surface area contributed by atoms with Crippen molar-refractivity contribution in [3.05, 3.63) is 69.7 Å². The maximum Gasteiger partial charge on any atom is 0.224 e. The average Bonchev–Trinajstić information content (AvgIpc) is 2.42. The smallest absolute Gasteiger partial charge is 0.224 e. The second-order valence-electron chi connectivity index (χ2n) is 4.25. The number of nitrogens with one attached hydrogen (secondary N) is 1. The van der Waals surface area contributed by atoms with Crippen molar-refractivity contribution in [2.45, 2.75) is 13.0 Å². The molecule has 20 heavy (non-hydrogen) atoms. The fourth-order valence-corrected chi connectivity index (χ4v) is 2.18. The highest BCUT2D eigenvalue weighted by Gasteiger charge is 2.12. The summed E-state index contributed by atoms with van der Waals surface area (Å²) in [7, 11) is 0. The predicted octanol–water partition coefficient (Wildman–Crippen LogP) is 3.59. The third-order valence-electron chi connectivity index (χ3n) is 2.83. The Balaban J connectivity index is 1.98. The monoisotopic (exact) mass is 339 g/mol. The van der Waals surface area contributed by atoms with Crippen LogP contribution in [0.15, 0.2) is 46.9 Å². The molecule has 0 atom stereocenters. The van der Waals surface area contributed by atoms with Crippen LogP contribution in [-0.4, -0.2) is 5.91 Å². The molecule has 2 nitrogen and oxygen atoms in total. The van der Waals surface area contributed by atoms with Crippen LogP contribution >= 0.6 is 15.9 Å². The zero-order valence-corrected chi connectivity index (χ0v) is 12.1. The zero-order chi connectivity index (χ0) is 14.5. The van der Waals surface area contributed by atoms with Gasteiger partial charge in [-0.05, 0) is 23.8 Å². The van der Waals surface area contributed by atoms with Gasteiger partial charge in [0.1, 0.15) is 11.6 Å². The van der Waals surface area contributed by atoms with Crippen molar-refractivity contribution >= 4 is 21.8 Å². The summed E-state index contributed by atoms with van der Waals surface area (Å²) >= 11 is 3.37. The Bertz CT molecular complexity index is 611. The first-order chi connectivity index (χ1) is 9.58. The summed E-state index contributed by atoms with van der Waals surface area (Å²) in [4.78, 5) is 11.7. The summed E-state index contributed by atoms with van der Waals surface area (Å²) in [6, 6.07) is 11.0. The Kier molecular flexibility index (Phi) is 4.84. The maximum absolute atomic E-state index is 13.4. The van der Waals surface area contributed by atoms with Gasteiger partial charge in [-0.1, -0.05) is 40.2 Å². The van der Waals surface area contributed by atoms with Crippen LogP contribution in [0.4, 0.5) is 8.78 Å². The zero-order valence-electron chi connectivity index (χ0n) is 10.5. The number of carbonyl (C=O) groups excluding carboxylic acids is 1. The van der Waals surface area contributed by atoms with Crippen LogP contribution < -0.4 is 5.32 Å². The molecule has 0 aliphatic carbocycles. The van der Waals surface area contributed by atoms with E-state index in [1.807, 2.05) is 24.3 Å². The molecular formula is C15H12BrF2NO. The number of benzene rings is 2. The summed E-state index contributed by atoms with van der Waals surface area (Å²) in [5.41, 5.74) is 0.687. The minimum absolute atomic E-state index is 0.211. The number of rotatable bonds is 4. The number of carbonyl (C=O) groups is 1. The highest BCUT2D eigenvalue weighted by molar-refractivity contribution is 9.10. The summed E-state index contributed by atoms with van der Waals surface area (Å²) in [5.74, 6) is -1.84. The van der Waals surface area contributed by atoms with Gasteiger partial charge >= 0.3 is 0 Å². The summed E-state index contributed by atoms with van der Waals surface area (Å²) < 4.78 is 27.7. The van der Waals surface area contributed by atoms with Crippen LogP contribution in [0.25, 0.3) is 0 Å². The van der Waals surface area contributed by atoms with Gasteiger partial charge in [0, 0.05) is 16.6 Å². The number of hydrogen-bond donors (Lipinski definition) is 1. The van der Waals surface area contributed by atoms with Crippen molar-refractivity contribution in [3.8, 4) is 0 Å². The fourth-order valence-electron chi connectivity index (χ4n) is 1.76. The second-order valence-corrected chi connectivity index (χ2v) is 5.10. The third-order valence-corrected chi connectivity index (χ3v) is 3.61. The van der Waals surface area contributed by atoms with Crippen LogP contribution in [-0.2, 0) is 17.8 Å². The molecule has 0 bridgehead atoms. The van der Waals surface area contributed by atoms with Crippen LogP contribution in [0, 0.1) is 11.6 Å². The molecule has 0 aromatic heterocycles. The van der Waals surface area contributed by atoms with Crippen molar-refractivity contribution < 1.29 is 13.6 Å². The first-order valence-corrected chi connectivity index (χ1v) is 6.80. The maximum atomic E-state index is 13.4. The van der Waals surface area contributed by atoms with Gasteiger partial charge in [-0.25, -0.2) is 8.78 Å². The molecule has 1 N–H and O–H groups in total. The van der Waals surface area contributed by atoms with Crippen LogP contribution in [0.5, 0.6) is 0 Å². The standard InChI is InChI=1S/C15H12BrF2NO/c16-12-5-2-1-4-10(12)9-19-15(20)8-11-13(17)6-3-7-14(11)18/h1-7H,8-9H2,(H,19,20). The Labute approximate surface area is 123 Å². The largest absolute Gasteiger partial charge is 0.352 e. The molecular weight excluding hydrogens is 328 g/mol. The Morgan fingerprint density at radius 1 is 1.05 bits per heavy atom. The van der Waals surface area contributed by atoms with Gasteiger partial charge in [-0.2, -0.15) is 0 Å². The molecule has 0 saturated carbocycles. The van der Waals surface area contributed by atoms with E-state index in [0.717, 1.165) is 22.2 Å². The molecule has 1 amide bonds. The molecule has 2 aromatic rings. The SMILES string of the molecule is O=C(Cc1c(F)cccc1F)NCc1ccccc1Br.